The van der Waals surface area contributed by atoms with E-state index in [1.165, 1.54) is 9.75 Å². The lowest BCUT2D eigenvalue weighted by atomic mass is 10.2. The predicted molar refractivity (Wildman–Crippen MR) is 53.9 cm³/mol. The molecule has 1 aromatic heterocycles. The average Bonchev–Trinajstić information content (AvgIpc) is 2.47. The molecule has 1 aromatic rings. The largest absolute Gasteiger partial charge is 0.271 e. The lowest BCUT2D eigenvalue weighted by Gasteiger charge is -2.10. The van der Waals surface area contributed by atoms with E-state index in [4.69, 9.17) is 5.84 Å². The first kappa shape index (κ1) is 9.45. The van der Waals surface area contributed by atoms with Crippen LogP contribution in [-0.4, -0.2) is 0 Å². The summed E-state index contributed by atoms with van der Waals surface area (Å²) < 4.78 is 0. The van der Waals surface area contributed by atoms with Crippen LogP contribution >= 0.6 is 11.3 Å². The normalized spacial score (nSPS) is 12.8. The van der Waals surface area contributed by atoms with Gasteiger partial charge in [0.1, 0.15) is 0 Å². The van der Waals surface area contributed by atoms with Crippen LogP contribution in [0.5, 0.6) is 0 Å². The molecule has 0 aromatic carbocycles. The molecule has 1 heterocycles. The molecule has 3 N–H and O–H groups in total. The van der Waals surface area contributed by atoms with Gasteiger partial charge in [-0.1, -0.05) is 6.08 Å². The fraction of sp³-hybridized carbons (Fsp3) is 0.333. The van der Waals surface area contributed by atoms with Gasteiger partial charge >= 0.3 is 0 Å². The second kappa shape index (κ2) is 4.40. The van der Waals surface area contributed by atoms with Crippen LogP contribution in [0.4, 0.5) is 0 Å². The quantitative estimate of drug-likeness (QED) is 0.425. The molecule has 12 heavy (non-hydrogen) atoms. The maximum atomic E-state index is 5.41. The Balaban J connectivity index is 2.72. The molecule has 1 rings (SSSR count). The van der Waals surface area contributed by atoms with Crippen molar-refractivity contribution in [2.24, 2.45) is 5.84 Å². The molecule has 0 fully saturated rings. The van der Waals surface area contributed by atoms with Crippen LogP contribution in [0, 0.1) is 6.92 Å². The molecule has 0 amide bonds. The second-order valence-corrected chi connectivity index (χ2v) is 4.01. The van der Waals surface area contributed by atoms with Gasteiger partial charge in [0.25, 0.3) is 0 Å². The highest BCUT2D eigenvalue weighted by atomic mass is 32.1. The Morgan fingerprint density at radius 2 is 2.50 bits per heavy atom. The van der Waals surface area contributed by atoms with Gasteiger partial charge in [-0.3, -0.25) is 11.3 Å². The van der Waals surface area contributed by atoms with Gasteiger partial charge in [0.05, 0.1) is 6.04 Å². The number of rotatable bonds is 4. The molecular formula is C9H14N2S. The van der Waals surface area contributed by atoms with Crippen LogP contribution < -0.4 is 11.3 Å². The Labute approximate surface area is 77.1 Å². The zero-order valence-electron chi connectivity index (χ0n) is 7.21. The van der Waals surface area contributed by atoms with Crippen molar-refractivity contribution in [3.05, 3.63) is 34.5 Å². The number of hydrazine groups is 1. The maximum Gasteiger partial charge on any atom is 0.0587 e. The minimum atomic E-state index is 0.223. The van der Waals surface area contributed by atoms with Gasteiger partial charge < -0.3 is 0 Å². The lowest BCUT2D eigenvalue weighted by Crippen LogP contribution is -2.26. The van der Waals surface area contributed by atoms with Crippen LogP contribution in [0.15, 0.2) is 24.8 Å². The van der Waals surface area contributed by atoms with E-state index in [0.29, 0.717) is 0 Å². The van der Waals surface area contributed by atoms with Crippen LogP contribution in [-0.2, 0) is 0 Å². The molecule has 0 bridgehead atoms. The van der Waals surface area contributed by atoms with Crippen LogP contribution in [0.1, 0.15) is 22.2 Å². The monoisotopic (exact) mass is 182 g/mol. The smallest absolute Gasteiger partial charge is 0.0587 e. The maximum absolute atomic E-state index is 5.41. The molecule has 0 aliphatic carbocycles. The van der Waals surface area contributed by atoms with Gasteiger partial charge in [-0.05, 0) is 25.5 Å². The van der Waals surface area contributed by atoms with Crippen molar-refractivity contribution in [1.29, 1.82) is 0 Å². The third kappa shape index (κ3) is 2.17. The highest BCUT2D eigenvalue weighted by Crippen LogP contribution is 2.24. The minimum Gasteiger partial charge on any atom is -0.271 e. The van der Waals surface area contributed by atoms with E-state index < -0.39 is 0 Å². The van der Waals surface area contributed by atoms with E-state index in [9.17, 15) is 0 Å². The first-order chi connectivity index (χ1) is 5.77. The molecule has 0 spiro atoms. The topological polar surface area (TPSA) is 38.0 Å². The van der Waals surface area contributed by atoms with Gasteiger partial charge in [-0.25, -0.2) is 0 Å². The third-order valence-electron chi connectivity index (χ3n) is 1.71. The van der Waals surface area contributed by atoms with Crippen molar-refractivity contribution in [3.8, 4) is 0 Å². The summed E-state index contributed by atoms with van der Waals surface area (Å²) in [5.41, 5.74) is 2.77. The van der Waals surface area contributed by atoms with Gasteiger partial charge in [0, 0.05) is 9.75 Å². The number of nitrogens with two attached hydrogens (primary N) is 1. The number of aryl methyl sites for hydroxylation is 1. The molecular weight excluding hydrogens is 168 g/mol. The Hall–Kier alpha value is -0.640. The summed E-state index contributed by atoms with van der Waals surface area (Å²) in [6, 6.07) is 4.43. The average molecular weight is 182 g/mol. The van der Waals surface area contributed by atoms with E-state index in [2.05, 4.69) is 31.1 Å². The number of nitrogens with one attached hydrogen (secondary N) is 1. The number of hydrogen-bond donors (Lipinski definition) is 2. The summed E-state index contributed by atoms with van der Waals surface area (Å²) in [5, 5.41) is 0. The summed E-state index contributed by atoms with van der Waals surface area (Å²) in [5.74, 6) is 5.41. The van der Waals surface area contributed by atoms with Gasteiger partial charge in [-0.2, -0.15) is 0 Å². The van der Waals surface area contributed by atoms with Crippen molar-refractivity contribution < 1.29 is 0 Å². The van der Waals surface area contributed by atoms with Crippen molar-refractivity contribution in [2.75, 3.05) is 0 Å². The highest BCUT2D eigenvalue weighted by Gasteiger charge is 2.08. The van der Waals surface area contributed by atoms with Crippen molar-refractivity contribution >= 4 is 11.3 Å². The summed E-state index contributed by atoms with van der Waals surface area (Å²) in [4.78, 5) is 2.59. The van der Waals surface area contributed by atoms with E-state index in [1.54, 1.807) is 11.3 Å². The summed E-state index contributed by atoms with van der Waals surface area (Å²) in [6.07, 6.45) is 2.75. The molecule has 66 valence electrons. The highest BCUT2D eigenvalue weighted by molar-refractivity contribution is 7.12. The van der Waals surface area contributed by atoms with E-state index in [-0.39, 0.29) is 6.04 Å². The summed E-state index contributed by atoms with van der Waals surface area (Å²) >= 11 is 1.77. The Kier molecular flexibility index (Phi) is 3.47. The number of hydrogen-bond acceptors (Lipinski definition) is 3. The molecule has 3 heteroatoms. The molecule has 1 unspecified atom stereocenters. The predicted octanol–water partition coefficient (Wildman–Crippen LogP) is 2.14. The van der Waals surface area contributed by atoms with Crippen LogP contribution in [0.25, 0.3) is 0 Å². The molecule has 2 nitrogen and oxygen atoms in total. The SMILES string of the molecule is C=CCC(NN)c1ccc(C)s1. The first-order valence-corrected chi connectivity index (χ1v) is 4.73. The van der Waals surface area contributed by atoms with Gasteiger partial charge in [0.15, 0.2) is 0 Å². The van der Waals surface area contributed by atoms with Gasteiger partial charge in [0.2, 0.25) is 0 Å². The zero-order chi connectivity index (χ0) is 8.97. The first-order valence-electron chi connectivity index (χ1n) is 3.91. The Morgan fingerprint density at radius 1 is 1.75 bits per heavy atom. The molecule has 0 aliphatic rings. The van der Waals surface area contributed by atoms with Crippen molar-refractivity contribution in [3.63, 3.8) is 0 Å². The fourth-order valence-electron chi connectivity index (χ4n) is 1.07. The fourth-order valence-corrected chi connectivity index (χ4v) is 2.02. The van der Waals surface area contributed by atoms with E-state index in [1.807, 2.05) is 6.08 Å². The molecule has 0 saturated carbocycles. The van der Waals surface area contributed by atoms with Crippen LogP contribution in [0.3, 0.4) is 0 Å². The minimum absolute atomic E-state index is 0.223. The van der Waals surface area contributed by atoms with Crippen LogP contribution in [0.2, 0.25) is 0 Å². The van der Waals surface area contributed by atoms with Crippen molar-refractivity contribution in [2.45, 2.75) is 19.4 Å². The number of thiophene rings is 1. The summed E-state index contributed by atoms with van der Waals surface area (Å²) in [6.45, 7) is 5.78. The van der Waals surface area contributed by atoms with E-state index >= 15 is 0 Å². The Morgan fingerprint density at radius 3 is 2.92 bits per heavy atom. The molecule has 1 atom stereocenters. The third-order valence-corrected chi connectivity index (χ3v) is 2.82. The second-order valence-electron chi connectivity index (χ2n) is 2.69. The molecule has 0 aliphatic heterocycles. The van der Waals surface area contributed by atoms with E-state index in [0.717, 1.165) is 6.42 Å². The molecule has 0 saturated heterocycles. The molecule has 0 radical (unpaired) electrons. The Bertz CT molecular complexity index is 255. The van der Waals surface area contributed by atoms with Crippen molar-refractivity contribution in [1.82, 2.24) is 5.43 Å². The zero-order valence-corrected chi connectivity index (χ0v) is 8.03. The standard InChI is InChI=1S/C9H14N2S/c1-3-4-8(11-10)9-6-5-7(2)12-9/h3,5-6,8,11H,1,4,10H2,2H3. The van der Waals surface area contributed by atoms with Gasteiger partial charge in [-0.15, -0.1) is 17.9 Å². The summed E-state index contributed by atoms with van der Waals surface area (Å²) in [7, 11) is 0. The lowest BCUT2D eigenvalue weighted by molar-refractivity contribution is 0.570.